The van der Waals surface area contributed by atoms with Crippen molar-refractivity contribution in [3.8, 4) is 0 Å². The van der Waals surface area contributed by atoms with Crippen LogP contribution in [0.3, 0.4) is 0 Å². The average molecular weight is 120 g/mol. The van der Waals surface area contributed by atoms with Crippen LogP contribution in [0.1, 0.15) is 6.92 Å². The lowest BCUT2D eigenvalue weighted by Gasteiger charge is -1.80. The summed E-state index contributed by atoms with van der Waals surface area (Å²) < 4.78 is 0. The van der Waals surface area contributed by atoms with Crippen molar-refractivity contribution in [2.75, 3.05) is 0 Å². The molecule has 0 aromatic rings. The van der Waals surface area contributed by atoms with Crippen molar-refractivity contribution < 1.29 is 4.79 Å². The summed E-state index contributed by atoms with van der Waals surface area (Å²) in [6, 6.07) is 0. The van der Waals surface area contributed by atoms with E-state index in [0.29, 0.717) is 0 Å². The normalized spacial score (nSPS) is 9.43. The van der Waals surface area contributed by atoms with Crippen LogP contribution >= 0.6 is 11.8 Å². The van der Waals surface area contributed by atoms with Crippen LogP contribution in [-0.4, -0.2) is 5.91 Å². The van der Waals surface area contributed by atoms with E-state index in [2.05, 4.69) is 0 Å². The second-order valence-corrected chi connectivity index (χ2v) is 1.15. The van der Waals surface area contributed by atoms with E-state index in [1.807, 2.05) is 4.84 Å². The summed E-state index contributed by atoms with van der Waals surface area (Å²) >= 11 is 4.88. The Kier molecular flexibility index (Phi) is 3.42. The molecule has 2 nitrogen and oxygen atoms in total. The Morgan fingerprint density at radius 3 is 2.57 bits per heavy atom. The minimum absolute atomic E-state index is 0.288. The summed E-state index contributed by atoms with van der Waals surface area (Å²) in [4.78, 5) is 12.0. The highest BCUT2D eigenvalue weighted by atomic mass is 35.5. The van der Waals surface area contributed by atoms with Gasteiger partial charge < -0.3 is 0 Å². The predicted octanol–water partition coefficient (Wildman–Crippen LogP) is 0.833. The molecule has 0 spiro atoms. The largest absolute Gasteiger partial charge is 0.269 e. The Balaban J connectivity index is 3.37. The first-order valence-corrected chi connectivity index (χ1v) is 2.22. The lowest BCUT2D eigenvalue weighted by Crippen LogP contribution is -2.06. The van der Waals surface area contributed by atoms with Gasteiger partial charge in [0, 0.05) is 11.8 Å². The van der Waals surface area contributed by atoms with E-state index in [1.54, 1.807) is 13.0 Å². The van der Waals surface area contributed by atoms with Crippen molar-refractivity contribution in [1.29, 1.82) is 0 Å². The molecule has 1 amide bonds. The van der Waals surface area contributed by atoms with Crippen molar-refractivity contribution in [1.82, 2.24) is 4.84 Å². The first-order valence-electron chi connectivity index (χ1n) is 1.84. The summed E-state index contributed by atoms with van der Waals surface area (Å²) in [6.07, 6.45) is 2.95. The summed E-state index contributed by atoms with van der Waals surface area (Å²) in [5, 5.41) is 0. The van der Waals surface area contributed by atoms with Gasteiger partial charge in [-0.05, 0) is 13.0 Å². The standard InChI is InChI=1S/C4H6ClNO/c1-2-3-4(7)6-5/h2-3H,1H3,(H,6,7). The molecule has 1 N–H and O–H groups in total. The van der Waals surface area contributed by atoms with Crippen molar-refractivity contribution in [2.45, 2.75) is 6.92 Å². The maximum atomic E-state index is 10.1. The van der Waals surface area contributed by atoms with E-state index in [9.17, 15) is 4.79 Å². The number of carbonyl (C=O) groups excluding carboxylic acids is 1. The molecule has 0 aromatic carbocycles. The second kappa shape index (κ2) is 3.68. The summed E-state index contributed by atoms with van der Waals surface area (Å²) in [5.41, 5.74) is 0. The third-order valence-corrected chi connectivity index (χ3v) is 0.597. The third-order valence-electron chi connectivity index (χ3n) is 0.411. The lowest BCUT2D eigenvalue weighted by atomic mass is 10.5. The molecule has 0 atom stereocenters. The fraction of sp³-hybridized carbons (Fsp3) is 0.250. The quantitative estimate of drug-likeness (QED) is 0.402. The minimum atomic E-state index is -0.288. The van der Waals surface area contributed by atoms with Crippen LogP contribution in [0.2, 0.25) is 0 Å². The van der Waals surface area contributed by atoms with Gasteiger partial charge in [0.2, 0.25) is 0 Å². The number of rotatable bonds is 1. The van der Waals surface area contributed by atoms with Gasteiger partial charge in [-0.15, -0.1) is 0 Å². The molecule has 0 bridgehead atoms. The molecule has 0 aromatic heterocycles. The second-order valence-electron chi connectivity index (χ2n) is 0.959. The van der Waals surface area contributed by atoms with Gasteiger partial charge >= 0.3 is 0 Å². The average Bonchev–Trinajstić information content (AvgIpc) is 1.68. The molecule has 3 heteroatoms. The zero-order valence-electron chi connectivity index (χ0n) is 3.94. The maximum absolute atomic E-state index is 10.1. The fourth-order valence-electron chi connectivity index (χ4n) is 0.183. The molecule has 40 valence electrons. The lowest BCUT2D eigenvalue weighted by molar-refractivity contribution is -0.114. The van der Waals surface area contributed by atoms with E-state index in [4.69, 9.17) is 11.8 Å². The van der Waals surface area contributed by atoms with Crippen molar-refractivity contribution >= 4 is 17.7 Å². The Bertz CT molecular complexity index is 89.7. The molecule has 0 rings (SSSR count). The molecular weight excluding hydrogens is 114 g/mol. The zero-order chi connectivity index (χ0) is 5.70. The Labute approximate surface area is 47.3 Å². The molecule has 7 heavy (non-hydrogen) atoms. The highest BCUT2D eigenvalue weighted by Gasteiger charge is 1.83. The highest BCUT2D eigenvalue weighted by Crippen LogP contribution is 1.70. The van der Waals surface area contributed by atoms with Crippen LogP contribution in [0.4, 0.5) is 0 Å². The smallest absolute Gasteiger partial charge is 0.257 e. The Morgan fingerprint density at radius 2 is 2.43 bits per heavy atom. The van der Waals surface area contributed by atoms with Gasteiger partial charge in [-0.25, -0.2) is 0 Å². The molecule has 0 unspecified atom stereocenters. The topological polar surface area (TPSA) is 29.1 Å². The third kappa shape index (κ3) is 3.33. The first-order chi connectivity index (χ1) is 3.31. The number of amides is 1. The van der Waals surface area contributed by atoms with E-state index >= 15 is 0 Å². The summed E-state index contributed by atoms with van der Waals surface area (Å²) in [6.45, 7) is 1.74. The minimum Gasteiger partial charge on any atom is -0.269 e. The Hall–Kier alpha value is -0.500. The van der Waals surface area contributed by atoms with Gasteiger partial charge in [0.25, 0.3) is 5.91 Å². The highest BCUT2D eigenvalue weighted by molar-refractivity contribution is 6.23. The van der Waals surface area contributed by atoms with Crippen LogP contribution in [0.15, 0.2) is 12.2 Å². The zero-order valence-corrected chi connectivity index (χ0v) is 4.70. The number of hydrogen-bond acceptors (Lipinski definition) is 1. The monoisotopic (exact) mass is 119 g/mol. The summed E-state index contributed by atoms with van der Waals surface area (Å²) in [5.74, 6) is -0.288. The molecule has 0 aliphatic heterocycles. The number of halogens is 1. The van der Waals surface area contributed by atoms with Crippen LogP contribution < -0.4 is 4.84 Å². The predicted molar refractivity (Wildman–Crippen MR) is 28.8 cm³/mol. The molecule has 0 aliphatic carbocycles. The van der Waals surface area contributed by atoms with Crippen molar-refractivity contribution in [3.63, 3.8) is 0 Å². The van der Waals surface area contributed by atoms with Crippen LogP contribution in [0.25, 0.3) is 0 Å². The van der Waals surface area contributed by atoms with Gasteiger partial charge in [-0.3, -0.25) is 9.63 Å². The Morgan fingerprint density at radius 1 is 1.86 bits per heavy atom. The maximum Gasteiger partial charge on any atom is 0.257 e. The number of allylic oxidation sites excluding steroid dienone is 1. The molecule has 0 aliphatic rings. The summed E-state index contributed by atoms with van der Waals surface area (Å²) in [7, 11) is 0. The van der Waals surface area contributed by atoms with E-state index in [1.165, 1.54) is 6.08 Å². The first kappa shape index (κ1) is 6.50. The van der Waals surface area contributed by atoms with E-state index < -0.39 is 0 Å². The number of carbonyl (C=O) groups is 1. The van der Waals surface area contributed by atoms with Gasteiger partial charge in [-0.1, -0.05) is 6.08 Å². The molecule has 0 saturated carbocycles. The van der Waals surface area contributed by atoms with Gasteiger partial charge in [-0.2, -0.15) is 0 Å². The molecule has 0 saturated heterocycles. The van der Waals surface area contributed by atoms with E-state index in [0.717, 1.165) is 0 Å². The van der Waals surface area contributed by atoms with Gasteiger partial charge in [0.1, 0.15) is 0 Å². The van der Waals surface area contributed by atoms with Crippen LogP contribution in [0.5, 0.6) is 0 Å². The van der Waals surface area contributed by atoms with E-state index in [-0.39, 0.29) is 5.91 Å². The van der Waals surface area contributed by atoms with Crippen molar-refractivity contribution in [2.24, 2.45) is 0 Å². The molecule has 0 fully saturated rings. The van der Waals surface area contributed by atoms with Crippen LogP contribution in [0, 0.1) is 0 Å². The van der Waals surface area contributed by atoms with Crippen LogP contribution in [-0.2, 0) is 4.79 Å². The number of hydrogen-bond donors (Lipinski definition) is 1. The van der Waals surface area contributed by atoms with Crippen molar-refractivity contribution in [3.05, 3.63) is 12.2 Å². The number of nitrogens with one attached hydrogen (secondary N) is 1. The fourth-order valence-corrected chi connectivity index (χ4v) is 0.246. The van der Waals surface area contributed by atoms with Gasteiger partial charge in [0.05, 0.1) is 0 Å². The van der Waals surface area contributed by atoms with Gasteiger partial charge in [0.15, 0.2) is 0 Å². The SMILES string of the molecule is CC=CC(=O)NCl. The molecule has 0 heterocycles. The molecule has 0 radical (unpaired) electrons. The molecular formula is C4H6ClNO.